The third kappa shape index (κ3) is 7.44. The normalized spacial score (nSPS) is 13.3. The maximum absolute atomic E-state index is 11.4. The first-order chi connectivity index (χ1) is 6.76. The van der Waals surface area contributed by atoms with Crippen molar-refractivity contribution in [3.63, 3.8) is 0 Å². The van der Waals surface area contributed by atoms with Crippen LogP contribution < -0.4 is 5.32 Å². The van der Waals surface area contributed by atoms with Gasteiger partial charge in [0.15, 0.2) is 0 Å². The number of aliphatic carboxylic acids is 1. The molecule has 0 bridgehead atoms. The molecule has 15 heavy (non-hydrogen) atoms. The van der Waals surface area contributed by atoms with E-state index in [2.05, 4.69) is 37.6 Å². The standard InChI is InChI=1S/C9H19NO3SSi/c1-15(2,3)5-4-8(11)10-7(6-14)9(12)13/h7,14H,4-6H2,1-3H3,(H,10,11)(H,12,13)/t7-/m0/s1. The number of carboxylic acids is 1. The molecule has 1 atom stereocenters. The van der Waals surface area contributed by atoms with E-state index >= 15 is 0 Å². The van der Waals surface area contributed by atoms with Gasteiger partial charge in [-0.2, -0.15) is 12.6 Å². The highest BCUT2D eigenvalue weighted by Gasteiger charge is 2.20. The van der Waals surface area contributed by atoms with Crippen LogP contribution in [-0.2, 0) is 9.59 Å². The zero-order valence-corrected chi connectivity index (χ0v) is 11.3. The summed E-state index contributed by atoms with van der Waals surface area (Å²) in [5.41, 5.74) is 0. The van der Waals surface area contributed by atoms with E-state index in [0.29, 0.717) is 6.42 Å². The van der Waals surface area contributed by atoms with E-state index in [1.54, 1.807) is 0 Å². The zero-order chi connectivity index (χ0) is 12.1. The number of carbonyl (C=O) groups is 2. The number of hydrogen-bond acceptors (Lipinski definition) is 3. The Morgan fingerprint density at radius 2 is 1.93 bits per heavy atom. The Balaban J connectivity index is 3.98. The van der Waals surface area contributed by atoms with E-state index in [4.69, 9.17) is 5.11 Å². The largest absolute Gasteiger partial charge is 0.480 e. The van der Waals surface area contributed by atoms with Gasteiger partial charge < -0.3 is 10.4 Å². The van der Waals surface area contributed by atoms with Crippen molar-refractivity contribution >= 4 is 32.6 Å². The quantitative estimate of drug-likeness (QED) is 0.490. The Morgan fingerprint density at radius 1 is 1.40 bits per heavy atom. The van der Waals surface area contributed by atoms with Gasteiger partial charge in [0, 0.05) is 20.2 Å². The van der Waals surface area contributed by atoms with E-state index in [1.165, 1.54) is 0 Å². The van der Waals surface area contributed by atoms with Crippen molar-refractivity contribution in [3.05, 3.63) is 0 Å². The summed E-state index contributed by atoms with van der Waals surface area (Å²) in [4.78, 5) is 22.0. The number of carbonyl (C=O) groups excluding carboxylic acids is 1. The van der Waals surface area contributed by atoms with Crippen LogP contribution >= 0.6 is 12.6 Å². The van der Waals surface area contributed by atoms with Crippen LogP contribution in [0.1, 0.15) is 6.42 Å². The summed E-state index contributed by atoms with van der Waals surface area (Å²) in [5.74, 6) is -1.11. The number of carboxylic acid groups (broad SMARTS) is 1. The average Bonchev–Trinajstić information content (AvgIpc) is 2.09. The molecule has 0 aromatic rings. The molecule has 0 aliphatic carbocycles. The second kappa shape index (κ2) is 6.17. The monoisotopic (exact) mass is 249 g/mol. The van der Waals surface area contributed by atoms with Gasteiger partial charge >= 0.3 is 5.97 Å². The van der Waals surface area contributed by atoms with E-state index in [9.17, 15) is 9.59 Å². The number of amides is 1. The number of rotatable bonds is 6. The minimum absolute atomic E-state index is 0.119. The molecule has 0 unspecified atom stereocenters. The second-order valence-electron chi connectivity index (χ2n) is 4.70. The molecule has 0 aromatic carbocycles. The molecule has 2 N–H and O–H groups in total. The summed E-state index contributed by atoms with van der Waals surface area (Å²) < 4.78 is 0. The van der Waals surface area contributed by atoms with Gasteiger partial charge in [-0.3, -0.25) is 4.79 Å². The molecule has 1 amide bonds. The molecule has 0 saturated heterocycles. The molecular weight excluding hydrogens is 230 g/mol. The molecule has 0 aliphatic heterocycles. The van der Waals surface area contributed by atoms with E-state index in [0.717, 1.165) is 6.04 Å². The van der Waals surface area contributed by atoms with Gasteiger partial charge in [0.25, 0.3) is 0 Å². The topological polar surface area (TPSA) is 66.4 Å². The molecular formula is C9H19NO3SSi. The highest BCUT2D eigenvalue weighted by Crippen LogP contribution is 2.10. The highest BCUT2D eigenvalue weighted by atomic mass is 32.1. The van der Waals surface area contributed by atoms with Crippen LogP contribution in [0.5, 0.6) is 0 Å². The fourth-order valence-electron chi connectivity index (χ4n) is 0.941. The summed E-state index contributed by atoms with van der Waals surface area (Å²) in [5, 5.41) is 11.1. The Bertz CT molecular complexity index is 240. The van der Waals surface area contributed by atoms with Crippen molar-refractivity contribution in [2.24, 2.45) is 0 Å². The van der Waals surface area contributed by atoms with Crippen molar-refractivity contribution < 1.29 is 14.7 Å². The van der Waals surface area contributed by atoms with Crippen molar-refractivity contribution in [3.8, 4) is 0 Å². The van der Waals surface area contributed by atoms with Crippen molar-refractivity contribution in [2.75, 3.05) is 5.75 Å². The van der Waals surface area contributed by atoms with Crippen molar-refractivity contribution in [1.82, 2.24) is 5.32 Å². The lowest BCUT2D eigenvalue weighted by atomic mass is 10.3. The number of thiol groups is 1. The smallest absolute Gasteiger partial charge is 0.327 e. The predicted molar refractivity (Wildman–Crippen MR) is 66.2 cm³/mol. The maximum atomic E-state index is 11.4. The van der Waals surface area contributed by atoms with Crippen molar-refractivity contribution in [2.45, 2.75) is 38.1 Å². The molecule has 0 aromatic heterocycles. The molecule has 0 heterocycles. The van der Waals surface area contributed by atoms with Crippen LogP contribution in [0.15, 0.2) is 0 Å². The average molecular weight is 249 g/mol. The van der Waals surface area contributed by atoms with Crippen LogP contribution in [0.25, 0.3) is 0 Å². The van der Waals surface area contributed by atoms with E-state index in [1.807, 2.05) is 0 Å². The summed E-state index contributed by atoms with van der Waals surface area (Å²) in [6.45, 7) is 6.52. The van der Waals surface area contributed by atoms with Crippen LogP contribution in [0.4, 0.5) is 0 Å². The van der Waals surface area contributed by atoms with E-state index in [-0.39, 0.29) is 11.7 Å². The Labute approximate surface area is 96.9 Å². The summed E-state index contributed by atoms with van der Waals surface area (Å²) in [6, 6.07) is 0.0000472. The molecule has 0 radical (unpaired) electrons. The van der Waals surface area contributed by atoms with Gasteiger partial charge in [-0.05, 0) is 6.04 Å². The molecule has 0 spiro atoms. The molecule has 0 aliphatic rings. The molecule has 6 heteroatoms. The lowest BCUT2D eigenvalue weighted by Crippen LogP contribution is -2.42. The van der Waals surface area contributed by atoms with Crippen molar-refractivity contribution in [1.29, 1.82) is 0 Å². The predicted octanol–water partition coefficient (Wildman–Crippen LogP) is 1.21. The Hall–Kier alpha value is -0.493. The van der Waals surface area contributed by atoms with Gasteiger partial charge in [-0.25, -0.2) is 4.79 Å². The molecule has 4 nitrogen and oxygen atoms in total. The van der Waals surface area contributed by atoms with Gasteiger partial charge in [-0.1, -0.05) is 19.6 Å². The third-order valence-corrected chi connectivity index (χ3v) is 4.03. The lowest BCUT2D eigenvalue weighted by Gasteiger charge is -2.16. The fraction of sp³-hybridized carbons (Fsp3) is 0.778. The molecule has 0 saturated carbocycles. The number of nitrogens with one attached hydrogen (secondary N) is 1. The molecule has 0 rings (SSSR count). The van der Waals surface area contributed by atoms with Gasteiger partial charge in [0.2, 0.25) is 5.91 Å². The Morgan fingerprint density at radius 3 is 2.27 bits per heavy atom. The number of hydrogen-bond donors (Lipinski definition) is 3. The summed E-state index contributed by atoms with van der Waals surface area (Å²) in [7, 11) is -1.24. The van der Waals surface area contributed by atoms with E-state index < -0.39 is 20.1 Å². The summed E-state index contributed by atoms with van der Waals surface area (Å²) in [6.07, 6.45) is 0.410. The first-order valence-corrected chi connectivity index (χ1v) is 9.23. The minimum atomic E-state index is -1.24. The third-order valence-electron chi connectivity index (χ3n) is 1.92. The first kappa shape index (κ1) is 14.5. The lowest BCUT2D eigenvalue weighted by molar-refractivity contribution is -0.141. The van der Waals surface area contributed by atoms with Crippen LogP contribution in [0, 0.1) is 0 Å². The molecule has 88 valence electrons. The van der Waals surface area contributed by atoms with Gasteiger partial charge in [0.05, 0.1) is 0 Å². The molecule has 0 fully saturated rings. The second-order valence-corrected chi connectivity index (χ2v) is 10.7. The van der Waals surface area contributed by atoms with Gasteiger partial charge in [0.1, 0.15) is 6.04 Å². The van der Waals surface area contributed by atoms with Crippen LogP contribution in [0.3, 0.4) is 0 Å². The first-order valence-electron chi connectivity index (χ1n) is 4.89. The maximum Gasteiger partial charge on any atom is 0.327 e. The zero-order valence-electron chi connectivity index (χ0n) is 9.41. The SMILES string of the molecule is C[Si](C)(C)CCC(=O)N[C@@H](CS)C(=O)O. The Kier molecular flexibility index (Phi) is 5.97. The van der Waals surface area contributed by atoms with Crippen LogP contribution in [-0.4, -0.2) is 36.9 Å². The summed E-state index contributed by atoms with van der Waals surface area (Å²) >= 11 is 3.87. The fourth-order valence-corrected chi connectivity index (χ4v) is 2.17. The minimum Gasteiger partial charge on any atom is -0.480 e. The van der Waals surface area contributed by atoms with Crippen LogP contribution in [0.2, 0.25) is 25.7 Å². The van der Waals surface area contributed by atoms with Gasteiger partial charge in [-0.15, -0.1) is 0 Å². The highest BCUT2D eigenvalue weighted by molar-refractivity contribution is 7.80.